The number of likely N-dealkylation sites (tertiary alicyclic amines) is 1. The topological polar surface area (TPSA) is 86.8 Å². The van der Waals surface area contributed by atoms with Gasteiger partial charge in [0.2, 0.25) is 15.9 Å². The first-order valence-corrected chi connectivity index (χ1v) is 11.7. The number of carbonyl (C=O) groups is 2. The third-order valence-electron chi connectivity index (χ3n) is 5.58. The van der Waals surface area contributed by atoms with E-state index in [0.717, 1.165) is 38.8 Å². The van der Waals surface area contributed by atoms with Crippen LogP contribution in [0.5, 0.6) is 0 Å². The maximum Gasteiger partial charge on any atom is 0.253 e. The summed E-state index contributed by atoms with van der Waals surface area (Å²) < 4.78 is 27.8. The molecule has 2 amide bonds. The Labute approximate surface area is 172 Å². The van der Waals surface area contributed by atoms with Crippen molar-refractivity contribution in [1.29, 1.82) is 0 Å². The number of benzene rings is 1. The molecule has 2 aliphatic rings. The molecule has 158 valence electrons. The summed E-state index contributed by atoms with van der Waals surface area (Å²) >= 11 is 0. The van der Waals surface area contributed by atoms with E-state index in [1.165, 1.54) is 16.4 Å². The van der Waals surface area contributed by atoms with Crippen LogP contribution in [0, 0.1) is 0 Å². The Balaban J connectivity index is 1.73. The summed E-state index contributed by atoms with van der Waals surface area (Å²) in [5.74, 6) is -0.347. The lowest BCUT2D eigenvalue weighted by molar-refractivity contribution is -0.117. The maximum absolute atomic E-state index is 13.2. The molecule has 1 aromatic rings. The number of nitrogens with one attached hydrogen (secondary N) is 1. The number of rotatable bonds is 5. The van der Waals surface area contributed by atoms with Crippen molar-refractivity contribution in [2.24, 2.45) is 0 Å². The monoisotopic (exact) mass is 419 g/mol. The van der Waals surface area contributed by atoms with E-state index in [9.17, 15) is 18.0 Å². The normalized spacial score (nSPS) is 21.2. The summed E-state index contributed by atoms with van der Waals surface area (Å²) in [6.45, 7) is 5.62. The van der Waals surface area contributed by atoms with Gasteiger partial charge in [0, 0.05) is 37.8 Å². The third kappa shape index (κ3) is 5.25. The average molecular weight is 420 g/mol. The van der Waals surface area contributed by atoms with Gasteiger partial charge in [0.15, 0.2) is 0 Å². The Hall–Kier alpha value is -2.19. The molecule has 2 saturated heterocycles. The first-order chi connectivity index (χ1) is 13.9. The molecule has 2 aliphatic heterocycles. The number of amides is 2. The molecule has 8 heteroatoms. The minimum atomic E-state index is -3.70. The summed E-state index contributed by atoms with van der Waals surface area (Å²) in [6, 6.07) is 6.29. The van der Waals surface area contributed by atoms with Gasteiger partial charge in [-0.3, -0.25) is 9.59 Å². The first-order valence-electron chi connectivity index (χ1n) is 10.2. The van der Waals surface area contributed by atoms with Crippen LogP contribution in [0.4, 0.5) is 0 Å². The molecule has 2 heterocycles. The van der Waals surface area contributed by atoms with Gasteiger partial charge in [0.05, 0.1) is 4.90 Å². The fourth-order valence-corrected chi connectivity index (χ4v) is 5.47. The molecule has 7 nitrogen and oxygen atoms in total. The fourth-order valence-electron chi connectivity index (χ4n) is 3.93. The lowest BCUT2D eigenvalue weighted by Gasteiger charge is -2.27. The molecule has 1 unspecified atom stereocenters. The van der Waals surface area contributed by atoms with E-state index in [1.807, 2.05) is 0 Å². The molecular weight excluding hydrogens is 390 g/mol. The first kappa shape index (κ1) is 21.5. The van der Waals surface area contributed by atoms with Crippen LogP contribution in [-0.4, -0.2) is 61.7 Å². The standard InChI is InChI=1S/C21H29N3O4S/c1-2-20(25)22-18-9-7-14-24(15-11-18)29(27,28)19-10-6-8-17(16-19)21(26)23-12-4-3-5-13-23/h2,6,8,10,16,18H,1,3-5,7,9,11-15H2,(H,22,25). The van der Waals surface area contributed by atoms with Gasteiger partial charge < -0.3 is 10.2 Å². The Morgan fingerprint density at radius 3 is 2.52 bits per heavy atom. The van der Waals surface area contributed by atoms with E-state index >= 15 is 0 Å². The molecule has 0 saturated carbocycles. The van der Waals surface area contributed by atoms with E-state index in [-0.39, 0.29) is 22.8 Å². The van der Waals surface area contributed by atoms with Crippen LogP contribution in [0.2, 0.25) is 0 Å². The second-order valence-electron chi connectivity index (χ2n) is 7.63. The van der Waals surface area contributed by atoms with Crippen molar-refractivity contribution in [1.82, 2.24) is 14.5 Å². The third-order valence-corrected chi connectivity index (χ3v) is 7.48. The Morgan fingerprint density at radius 1 is 1.03 bits per heavy atom. The van der Waals surface area contributed by atoms with Gasteiger partial charge in [-0.15, -0.1) is 0 Å². The van der Waals surface area contributed by atoms with Crippen molar-refractivity contribution < 1.29 is 18.0 Å². The van der Waals surface area contributed by atoms with Crippen LogP contribution < -0.4 is 5.32 Å². The van der Waals surface area contributed by atoms with Gasteiger partial charge in [0.25, 0.3) is 5.91 Å². The molecule has 1 atom stereocenters. The summed E-state index contributed by atoms with van der Waals surface area (Å²) in [5.41, 5.74) is 0.416. The highest BCUT2D eigenvalue weighted by Gasteiger charge is 2.29. The highest BCUT2D eigenvalue weighted by atomic mass is 32.2. The number of nitrogens with zero attached hydrogens (tertiary/aromatic N) is 2. The van der Waals surface area contributed by atoms with Crippen LogP contribution in [0.1, 0.15) is 48.9 Å². The molecule has 3 rings (SSSR count). The Kier molecular flexibility index (Phi) is 7.08. The smallest absolute Gasteiger partial charge is 0.253 e. The van der Waals surface area contributed by atoms with Crippen molar-refractivity contribution in [3.63, 3.8) is 0 Å². The van der Waals surface area contributed by atoms with Crippen LogP contribution in [0.25, 0.3) is 0 Å². The Bertz CT molecular complexity index is 862. The predicted octanol–water partition coefficient (Wildman–Crippen LogP) is 2.16. The summed E-state index contributed by atoms with van der Waals surface area (Å²) in [5, 5.41) is 2.85. The molecule has 0 spiro atoms. The van der Waals surface area contributed by atoms with E-state index in [1.54, 1.807) is 23.1 Å². The number of hydrogen-bond donors (Lipinski definition) is 1. The van der Waals surface area contributed by atoms with Crippen LogP contribution in [0.15, 0.2) is 41.8 Å². The van der Waals surface area contributed by atoms with Gasteiger partial charge in [-0.05, 0) is 62.8 Å². The minimum absolute atomic E-state index is 0.0623. The Morgan fingerprint density at radius 2 is 1.79 bits per heavy atom. The summed E-state index contributed by atoms with van der Waals surface area (Å²) in [6.07, 6.45) is 6.26. The predicted molar refractivity (Wildman–Crippen MR) is 111 cm³/mol. The maximum atomic E-state index is 13.2. The molecule has 0 bridgehead atoms. The SMILES string of the molecule is C=CC(=O)NC1CCCN(S(=O)(=O)c2cccc(C(=O)N3CCCCC3)c2)CC1. The zero-order chi connectivity index (χ0) is 20.9. The van der Waals surface area contributed by atoms with Crippen LogP contribution in [0.3, 0.4) is 0 Å². The summed E-state index contributed by atoms with van der Waals surface area (Å²) in [7, 11) is -3.70. The average Bonchev–Trinajstić information content (AvgIpc) is 3.00. The molecule has 2 fully saturated rings. The van der Waals surface area contributed by atoms with Crippen molar-refractivity contribution in [3.8, 4) is 0 Å². The van der Waals surface area contributed by atoms with Gasteiger partial charge in [-0.25, -0.2) is 8.42 Å². The molecule has 1 N–H and O–H groups in total. The lowest BCUT2D eigenvalue weighted by Crippen LogP contribution is -2.36. The molecule has 1 aromatic carbocycles. The van der Waals surface area contributed by atoms with Gasteiger partial charge in [-0.2, -0.15) is 4.31 Å². The van der Waals surface area contributed by atoms with Crippen molar-refractivity contribution >= 4 is 21.8 Å². The molecule has 0 aliphatic carbocycles. The highest BCUT2D eigenvalue weighted by Crippen LogP contribution is 2.22. The minimum Gasteiger partial charge on any atom is -0.350 e. The van der Waals surface area contributed by atoms with Crippen molar-refractivity contribution in [3.05, 3.63) is 42.5 Å². The number of piperidine rings is 1. The second-order valence-corrected chi connectivity index (χ2v) is 9.56. The van der Waals surface area contributed by atoms with Gasteiger partial charge >= 0.3 is 0 Å². The highest BCUT2D eigenvalue weighted by molar-refractivity contribution is 7.89. The zero-order valence-electron chi connectivity index (χ0n) is 16.7. The number of carbonyl (C=O) groups excluding carboxylic acids is 2. The lowest BCUT2D eigenvalue weighted by atomic mass is 10.1. The quantitative estimate of drug-likeness (QED) is 0.741. The second kappa shape index (κ2) is 9.54. The number of sulfonamides is 1. The zero-order valence-corrected chi connectivity index (χ0v) is 17.5. The van der Waals surface area contributed by atoms with Gasteiger partial charge in [0.1, 0.15) is 0 Å². The number of hydrogen-bond acceptors (Lipinski definition) is 4. The van der Waals surface area contributed by atoms with Gasteiger partial charge in [-0.1, -0.05) is 12.6 Å². The van der Waals surface area contributed by atoms with E-state index in [4.69, 9.17) is 0 Å². The van der Waals surface area contributed by atoms with Crippen LogP contribution >= 0.6 is 0 Å². The van der Waals surface area contributed by atoms with Crippen molar-refractivity contribution in [2.75, 3.05) is 26.2 Å². The van der Waals surface area contributed by atoms with E-state index < -0.39 is 10.0 Å². The molecule has 29 heavy (non-hydrogen) atoms. The molecule has 0 aromatic heterocycles. The van der Waals surface area contributed by atoms with E-state index in [2.05, 4.69) is 11.9 Å². The van der Waals surface area contributed by atoms with E-state index in [0.29, 0.717) is 31.5 Å². The fraction of sp³-hybridized carbons (Fsp3) is 0.524. The molecular formula is C21H29N3O4S. The van der Waals surface area contributed by atoms with Crippen LogP contribution in [-0.2, 0) is 14.8 Å². The molecule has 0 radical (unpaired) electrons. The largest absolute Gasteiger partial charge is 0.350 e. The summed E-state index contributed by atoms with van der Waals surface area (Å²) in [4.78, 5) is 26.2. The van der Waals surface area contributed by atoms with Crippen molar-refractivity contribution in [2.45, 2.75) is 49.5 Å².